The number of hydrogen-bond acceptors (Lipinski definition) is 2. The van der Waals surface area contributed by atoms with E-state index in [1.165, 1.54) is 16.9 Å². The van der Waals surface area contributed by atoms with Crippen LogP contribution in [0.15, 0.2) is 9.85 Å². The zero-order valence-corrected chi connectivity index (χ0v) is 9.54. The van der Waals surface area contributed by atoms with Crippen LogP contribution in [-0.2, 0) is 6.42 Å². The maximum Gasteiger partial charge on any atom is 0.160 e. The number of halogens is 1. The summed E-state index contributed by atoms with van der Waals surface area (Å²) in [6.07, 6.45) is 1.93. The number of aldehydes is 1. The Balaban J connectivity index is 2.84. The van der Waals surface area contributed by atoms with Crippen LogP contribution < -0.4 is 0 Å². The molecule has 1 aromatic heterocycles. The van der Waals surface area contributed by atoms with Crippen molar-refractivity contribution in [2.24, 2.45) is 5.92 Å². The first-order valence-corrected chi connectivity index (χ1v) is 5.47. The summed E-state index contributed by atoms with van der Waals surface area (Å²) >= 11 is 4.95. The Morgan fingerprint density at radius 1 is 1.67 bits per heavy atom. The van der Waals surface area contributed by atoms with E-state index in [-0.39, 0.29) is 0 Å². The van der Waals surface area contributed by atoms with Gasteiger partial charge in [-0.05, 0) is 39.9 Å². The van der Waals surface area contributed by atoms with Crippen molar-refractivity contribution in [1.82, 2.24) is 0 Å². The van der Waals surface area contributed by atoms with E-state index in [1.54, 1.807) is 0 Å². The molecule has 0 saturated heterocycles. The van der Waals surface area contributed by atoms with Crippen LogP contribution in [0.1, 0.15) is 29.1 Å². The predicted octanol–water partition coefficient (Wildman–Crippen LogP) is 3.52. The first-order valence-electron chi connectivity index (χ1n) is 3.87. The standard InChI is InChI=1S/C9H11BrOS/c1-6(2)3-7-4-8(5-11)12-9(7)10/h4-6H,3H2,1-2H3. The first kappa shape index (κ1) is 9.93. The molecule has 66 valence electrons. The molecule has 0 amide bonds. The summed E-state index contributed by atoms with van der Waals surface area (Å²) in [6.45, 7) is 4.34. The van der Waals surface area contributed by atoms with Gasteiger partial charge in [-0.1, -0.05) is 13.8 Å². The van der Waals surface area contributed by atoms with Gasteiger partial charge in [0, 0.05) is 0 Å². The summed E-state index contributed by atoms with van der Waals surface area (Å²) in [5.41, 5.74) is 1.25. The Morgan fingerprint density at radius 3 is 2.75 bits per heavy atom. The van der Waals surface area contributed by atoms with Crippen LogP contribution in [0, 0.1) is 5.92 Å². The van der Waals surface area contributed by atoms with Gasteiger partial charge in [0.2, 0.25) is 0 Å². The molecule has 0 fully saturated rings. The number of carbonyl (C=O) groups is 1. The van der Waals surface area contributed by atoms with Gasteiger partial charge in [-0.3, -0.25) is 4.79 Å². The Morgan fingerprint density at radius 2 is 2.33 bits per heavy atom. The topological polar surface area (TPSA) is 17.1 Å². The third-order valence-electron chi connectivity index (χ3n) is 1.52. The molecule has 1 heterocycles. The van der Waals surface area contributed by atoms with E-state index in [9.17, 15) is 4.79 Å². The van der Waals surface area contributed by atoms with Gasteiger partial charge < -0.3 is 0 Å². The van der Waals surface area contributed by atoms with Gasteiger partial charge in [-0.15, -0.1) is 11.3 Å². The van der Waals surface area contributed by atoms with E-state index in [0.717, 1.165) is 21.4 Å². The van der Waals surface area contributed by atoms with Crippen LogP contribution in [0.4, 0.5) is 0 Å². The van der Waals surface area contributed by atoms with Gasteiger partial charge in [-0.25, -0.2) is 0 Å². The lowest BCUT2D eigenvalue weighted by Gasteiger charge is -2.01. The molecule has 1 aromatic rings. The average molecular weight is 247 g/mol. The molecule has 0 aromatic carbocycles. The minimum Gasteiger partial charge on any atom is -0.297 e. The fourth-order valence-electron chi connectivity index (χ4n) is 1.06. The lowest BCUT2D eigenvalue weighted by molar-refractivity contribution is 0.112. The highest BCUT2D eigenvalue weighted by Gasteiger charge is 2.07. The highest BCUT2D eigenvalue weighted by atomic mass is 79.9. The van der Waals surface area contributed by atoms with Gasteiger partial charge in [0.15, 0.2) is 6.29 Å². The lowest BCUT2D eigenvalue weighted by Crippen LogP contribution is -1.92. The molecule has 0 atom stereocenters. The van der Waals surface area contributed by atoms with Gasteiger partial charge in [0.1, 0.15) is 0 Å². The van der Waals surface area contributed by atoms with Gasteiger partial charge in [-0.2, -0.15) is 0 Å². The van der Waals surface area contributed by atoms with Crippen LogP contribution in [0.2, 0.25) is 0 Å². The molecule has 1 nitrogen and oxygen atoms in total. The fraction of sp³-hybridized carbons (Fsp3) is 0.444. The van der Waals surface area contributed by atoms with Gasteiger partial charge in [0.25, 0.3) is 0 Å². The van der Waals surface area contributed by atoms with Crippen molar-refractivity contribution >= 4 is 33.6 Å². The third-order valence-corrected chi connectivity index (χ3v) is 3.41. The minimum absolute atomic E-state index is 0.635. The van der Waals surface area contributed by atoms with E-state index in [2.05, 4.69) is 29.8 Å². The molecule has 0 aliphatic rings. The van der Waals surface area contributed by atoms with Crippen molar-refractivity contribution in [2.45, 2.75) is 20.3 Å². The third kappa shape index (κ3) is 2.42. The van der Waals surface area contributed by atoms with Crippen LogP contribution in [-0.4, -0.2) is 6.29 Å². The highest BCUT2D eigenvalue weighted by Crippen LogP contribution is 2.28. The van der Waals surface area contributed by atoms with E-state index in [1.807, 2.05) is 6.07 Å². The van der Waals surface area contributed by atoms with Crippen molar-refractivity contribution < 1.29 is 4.79 Å². The van der Waals surface area contributed by atoms with Crippen molar-refractivity contribution in [3.8, 4) is 0 Å². The van der Waals surface area contributed by atoms with Crippen LogP contribution in [0.3, 0.4) is 0 Å². The number of hydrogen-bond donors (Lipinski definition) is 0. The van der Waals surface area contributed by atoms with E-state index >= 15 is 0 Å². The molecule has 1 rings (SSSR count). The smallest absolute Gasteiger partial charge is 0.160 e. The summed E-state index contributed by atoms with van der Waals surface area (Å²) in [7, 11) is 0. The maximum atomic E-state index is 10.4. The summed E-state index contributed by atoms with van der Waals surface area (Å²) < 4.78 is 1.10. The summed E-state index contributed by atoms with van der Waals surface area (Å²) in [4.78, 5) is 11.3. The van der Waals surface area contributed by atoms with Crippen LogP contribution >= 0.6 is 27.3 Å². The molecule has 0 unspecified atom stereocenters. The van der Waals surface area contributed by atoms with E-state index < -0.39 is 0 Å². The average Bonchev–Trinajstić information content (AvgIpc) is 2.31. The van der Waals surface area contributed by atoms with Crippen molar-refractivity contribution in [1.29, 1.82) is 0 Å². The van der Waals surface area contributed by atoms with E-state index in [0.29, 0.717) is 5.92 Å². The Labute approximate surface area is 84.9 Å². The lowest BCUT2D eigenvalue weighted by atomic mass is 10.1. The predicted molar refractivity (Wildman–Crippen MR) is 55.9 cm³/mol. The number of carbonyl (C=O) groups excluding carboxylic acids is 1. The second-order valence-corrected chi connectivity index (χ2v) is 5.57. The van der Waals surface area contributed by atoms with Crippen LogP contribution in [0.25, 0.3) is 0 Å². The van der Waals surface area contributed by atoms with Crippen molar-refractivity contribution in [2.75, 3.05) is 0 Å². The second-order valence-electron chi connectivity index (χ2n) is 3.16. The van der Waals surface area contributed by atoms with Crippen molar-refractivity contribution in [3.63, 3.8) is 0 Å². The Hall–Kier alpha value is -0.150. The Bertz CT molecular complexity index is 278. The quantitative estimate of drug-likeness (QED) is 0.747. The van der Waals surface area contributed by atoms with Gasteiger partial charge in [0.05, 0.1) is 8.66 Å². The monoisotopic (exact) mass is 246 g/mol. The van der Waals surface area contributed by atoms with Gasteiger partial charge >= 0.3 is 0 Å². The highest BCUT2D eigenvalue weighted by molar-refractivity contribution is 9.11. The largest absolute Gasteiger partial charge is 0.297 e. The maximum absolute atomic E-state index is 10.4. The molecule has 0 aliphatic heterocycles. The zero-order chi connectivity index (χ0) is 9.14. The summed E-state index contributed by atoms with van der Waals surface area (Å²) in [5, 5.41) is 0. The molecule has 0 aliphatic carbocycles. The molecule has 0 saturated carbocycles. The molecule has 12 heavy (non-hydrogen) atoms. The van der Waals surface area contributed by atoms with Crippen LogP contribution in [0.5, 0.6) is 0 Å². The number of rotatable bonds is 3. The summed E-state index contributed by atoms with van der Waals surface area (Å²) in [6, 6.07) is 1.96. The minimum atomic E-state index is 0.635. The Kier molecular flexibility index (Phi) is 3.47. The van der Waals surface area contributed by atoms with Crippen molar-refractivity contribution in [3.05, 3.63) is 20.3 Å². The number of thiophene rings is 1. The first-order chi connectivity index (χ1) is 5.63. The normalized spacial score (nSPS) is 10.7. The molecule has 0 spiro atoms. The second kappa shape index (κ2) is 4.19. The SMILES string of the molecule is CC(C)Cc1cc(C=O)sc1Br. The summed E-state index contributed by atoms with van der Waals surface area (Å²) in [5.74, 6) is 0.635. The van der Waals surface area contributed by atoms with E-state index in [4.69, 9.17) is 0 Å². The molecule has 0 N–H and O–H groups in total. The molecule has 3 heteroatoms. The fourth-order valence-corrected chi connectivity index (χ4v) is 2.63. The molecule has 0 radical (unpaired) electrons. The molecule has 0 bridgehead atoms. The molecular formula is C9H11BrOS. The molecular weight excluding hydrogens is 236 g/mol. The zero-order valence-electron chi connectivity index (χ0n) is 7.13.